The minimum atomic E-state index is -0.112. The van der Waals surface area contributed by atoms with Crippen LogP contribution in [0.3, 0.4) is 0 Å². The highest BCUT2D eigenvalue weighted by Crippen LogP contribution is 2.18. The number of amides is 1. The van der Waals surface area contributed by atoms with Gasteiger partial charge in [-0.25, -0.2) is 0 Å². The molecule has 1 amide bonds. The molecule has 0 spiro atoms. The van der Waals surface area contributed by atoms with Gasteiger partial charge in [0, 0.05) is 19.3 Å². The van der Waals surface area contributed by atoms with Gasteiger partial charge in [-0.05, 0) is 30.9 Å². The van der Waals surface area contributed by atoms with Crippen molar-refractivity contribution >= 4 is 11.6 Å². The molecule has 0 radical (unpaired) electrons. The van der Waals surface area contributed by atoms with Crippen molar-refractivity contribution in [3.05, 3.63) is 29.7 Å². The Morgan fingerprint density at radius 1 is 1.35 bits per heavy atom. The number of aromatic nitrogens is 3. The van der Waals surface area contributed by atoms with E-state index in [1.165, 1.54) is 0 Å². The summed E-state index contributed by atoms with van der Waals surface area (Å²) in [5.74, 6) is 0.838. The lowest BCUT2D eigenvalue weighted by Gasteiger charge is -2.29. The van der Waals surface area contributed by atoms with Gasteiger partial charge >= 0.3 is 0 Å². The van der Waals surface area contributed by atoms with Crippen molar-refractivity contribution < 1.29 is 4.79 Å². The summed E-state index contributed by atoms with van der Waals surface area (Å²) in [5.41, 5.74) is 1.07. The van der Waals surface area contributed by atoms with Gasteiger partial charge in [0.15, 0.2) is 5.65 Å². The summed E-state index contributed by atoms with van der Waals surface area (Å²) in [6, 6.07) is 5.42. The van der Waals surface area contributed by atoms with Crippen LogP contribution >= 0.6 is 0 Å². The van der Waals surface area contributed by atoms with Crippen LogP contribution in [0.2, 0.25) is 0 Å². The minimum Gasteiger partial charge on any atom is -0.336 e. The Hall–Kier alpha value is -2.42. The van der Waals surface area contributed by atoms with E-state index < -0.39 is 0 Å². The van der Waals surface area contributed by atoms with E-state index in [4.69, 9.17) is 5.26 Å². The van der Waals surface area contributed by atoms with Gasteiger partial charge in [-0.3, -0.25) is 9.20 Å². The molecular weight excluding hydrogens is 254 g/mol. The summed E-state index contributed by atoms with van der Waals surface area (Å²) in [6.45, 7) is 3.72. The van der Waals surface area contributed by atoms with Crippen molar-refractivity contribution in [2.75, 3.05) is 13.1 Å². The minimum absolute atomic E-state index is 0.112. The number of rotatable bonds is 1. The van der Waals surface area contributed by atoms with E-state index in [1.807, 2.05) is 4.90 Å². The normalized spacial score (nSPS) is 16.3. The van der Waals surface area contributed by atoms with Crippen molar-refractivity contribution in [3.63, 3.8) is 0 Å². The number of pyridine rings is 1. The van der Waals surface area contributed by atoms with Gasteiger partial charge in [0.25, 0.3) is 5.91 Å². The van der Waals surface area contributed by atoms with E-state index in [-0.39, 0.29) is 11.7 Å². The molecule has 0 aromatic carbocycles. The monoisotopic (exact) mass is 269 g/mol. The molecule has 1 aliphatic rings. The summed E-state index contributed by atoms with van der Waals surface area (Å²) in [4.78, 5) is 14.3. The summed E-state index contributed by atoms with van der Waals surface area (Å²) in [6.07, 6.45) is 3.65. The molecule has 1 saturated heterocycles. The first-order chi connectivity index (χ1) is 9.69. The van der Waals surface area contributed by atoms with E-state index in [1.54, 1.807) is 22.7 Å². The lowest BCUT2D eigenvalue weighted by molar-refractivity contribution is 0.0683. The molecule has 2 aromatic rings. The third-order valence-corrected chi connectivity index (χ3v) is 3.79. The van der Waals surface area contributed by atoms with Crippen LogP contribution in [-0.2, 0) is 0 Å². The largest absolute Gasteiger partial charge is 0.336 e. The molecule has 1 fully saturated rings. The number of fused-ring (bicyclic) bond motifs is 1. The van der Waals surface area contributed by atoms with E-state index in [0.717, 1.165) is 25.9 Å². The average Bonchev–Trinajstić information content (AvgIpc) is 2.90. The first kappa shape index (κ1) is 12.6. The van der Waals surface area contributed by atoms with Gasteiger partial charge in [-0.2, -0.15) is 5.26 Å². The van der Waals surface area contributed by atoms with Crippen LogP contribution in [0.25, 0.3) is 5.65 Å². The maximum atomic E-state index is 12.5. The topological polar surface area (TPSA) is 74.3 Å². The van der Waals surface area contributed by atoms with Gasteiger partial charge in [-0.1, -0.05) is 6.92 Å². The van der Waals surface area contributed by atoms with Crippen LogP contribution in [0.1, 0.15) is 35.9 Å². The highest BCUT2D eigenvalue weighted by molar-refractivity contribution is 5.91. The van der Waals surface area contributed by atoms with Gasteiger partial charge in [-0.15, -0.1) is 10.2 Å². The maximum Gasteiger partial charge on any atom is 0.292 e. The molecule has 3 heterocycles. The van der Waals surface area contributed by atoms with Crippen molar-refractivity contribution in [2.24, 2.45) is 5.92 Å². The lowest BCUT2D eigenvalue weighted by Crippen LogP contribution is -2.38. The second-order valence-electron chi connectivity index (χ2n) is 5.26. The Balaban J connectivity index is 1.93. The number of carbonyl (C=O) groups excluding carboxylic acids is 1. The Morgan fingerprint density at radius 2 is 2.10 bits per heavy atom. The Labute approximate surface area is 116 Å². The number of hydrogen-bond donors (Lipinski definition) is 0. The molecule has 6 heteroatoms. The summed E-state index contributed by atoms with van der Waals surface area (Å²) in [7, 11) is 0. The smallest absolute Gasteiger partial charge is 0.292 e. The van der Waals surface area contributed by atoms with Gasteiger partial charge in [0.05, 0.1) is 5.56 Å². The molecule has 0 unspecified atom stereocenters. The predicted molar refractivity (Wildman–Crippen MR) is 72.0 cm³/mol. The molecule has 6 nitrogen and oxygen atoms in total. The van der Waals surface area contributed by atoms with Gasteiger partial charge in [0.2, 0.25) is 5.82 Å². The fourth-order valence-corrected chi connectivity index (χ4v) is 2.46. The molecule has 0 saturated carbocycles. The third-order valence-electron chi connectivity index (χ3n) is 3.79. The Bertz CT molecular complexity index is 691. The van der Waals surface area contributed by atoms with Gasteiger partial charge < -0.3 is 4.90 Å². The molecule has 20 heavy (non-hydrogen) atoms. The quantitative estimate of drug-likeness (QED) is 0.785. The molecular formula is C14H15N5O. The van der Waals surface area contributed by atoms with E-state index in [9.17, 15) is 4.79 Å². The van der Waals surface area contributed by atoms with Crippen molar-refractivity contribution in [2.45, 2.75) is 19.8 Å². The Kier molecular flexibility index (Phi) is 3.11. The highest BCUT2D eigenvalue weighted by atomic mass is 16.2. The van der Waals surface area contributed by atoms with E-state index in [2.05, 4.69) is 23.2 Å². The summed E-state index contributed by atoms with van der Waals surface area (Å²) in [5, 5.41) is 16.9. The van der Waals surface area contributed by atoms with Crippen molar-refractivity contribution in [1.29, 1.82) is 5.26 Å². The number of nitriles is 1. The van der Waals surface area contributed by atoms with E-state index >= 15 is 0 Å². The summed E-state index contributed by atoms with van der Waals surface area (Å²) >= 11 is 0. The van der Waals surface area contributed by atoms with Crippen LogP contribution in [0.15, 0.2) is 18.3 Å². The molecule has 0 aliphatic carbocycles. The number of likely N-dealkylation sites (tertiary alicyclic amines) is 1. The number of carbonyl (C=O) groups is 1. The maximum absolute atomic E-state index is 12.5. The zero-order chi connectivity index (χ0) is 14.1. The fraction of sp³-hybridized carbons (Fsp3) is 0.429. The average molecular weight is 269 g/mol. The van der Waals surface area contributed by atoms with Crippen LogP contribution in [0.4, 0.5) is 0 Å². The second-order valence-corrected chi connectivity index (χ2v) is 5.26. The number of hydrogen-bond acceptors (Lipinski definition) is 4. The predicted octanol–water partition coefficient (Wildman–Crippen LogP) is 1.47. The van der Waals surface area contributed by atoms with Gasteiger partial charge in [0.1, 0.15) is 6.07 Å². The molecule has 1 aliphatic heterocycles. The molecule has 102 valence electrons. The first-order valence-corrected chi connectivity index (χ1v) is 6.73. The molecule has 0 atom stereocenters. The fourth-order valence-electron chi connectivity index (χ4n) is 2.46. The first-order valence-electron chi connectivity index (χ1n) is 6.73. The SMILES string of the molecule is CC1CCN(C(=O)c2nnc3ccc(C#N)cn23)CC1. The molecule has 0 bridgehead atoms. The Morgan fingerprint density at radius 3 is 2.80 bits per heavy atom. The van der Waals surface area contributed by atoms with Crippen LogP contribution < -0.4 is 0 Å². The zero-order valence-corrected chi connectivity index (χ0v) is 11.3. The highest BCUT2D eigenvalue weighted by Gasteiger charge is 2.25. The molecule has 2 aromatic heterocycles. The molecule has 3 rings (SSSR count). The summed E-state index contributed by atoms with van der Waals surface area (Å²) < 4.78 is 1.60. The molecule has 0 N–H and O–H groups in total. The van der Waals surface area contributed by atoms with Crippen molar-refractivity contribution in [1.82, 2.24) is 19.5 Å². The standard InChI is InChI=1S/C14H15N5O/c1-10-4-6-18(7-5-10)14(20)13-17-16-12-3-2-11(8-15)9-19(12)13/h2-3,9-10H,4-7H2,1H3. The van der Waals surface area contributed by atoms with Crippen LogP contribution in [0, 0.1) is 17.2 Å². The lowest BCUT2D eigenvalue weighted by atomic mass is 9.99. The second kappa shape index (κ2) is 4.93. The zero-order valence-electron chi connectivity index (χ0n) is 11.3. The van der Waals surface area contributed by atoms with Crippen LogP contribution in [-0.4, -0.2) is 38.5 Å². The van der Waals surface area contributed by atoms with Crippen molar-refractivity contribution in [3.8, 4) is 6.07 Å². The number of piperidine rings is 1. The van der Waals surface area contributed by atoms with Crippen LogP contribution in [0.5, 0.6) is 0 Å². The number of nitrogens with zero attached hydrogens (tertiary/aromatic N) is 5. The third kappa shape index (κ3) is 2.11. The van der Waals surface area contributed by atoms with E-state index in [0.29, 0.717) is 17.1 Å².